The van der Waals surface area contributed by atoms with Crippen LogP contribution in [0.25, 0.3) is 0 Å². The molecule has 6 heteroatoms. The van der Waals surface area contributed by atoms with Gasteiger partial charge in [-0.1, -0.05) is 70.9 Å². The molecule has 198 valence electrons. The van der Waals surface area contributed by atoms with Crippen LogP contribution < -0.4 is 0 Å². The van der Waals surface area contributed by atoms with Gasteiger partial charge in [0, 0.05) is 12.0 Å². The first-order chi connectivity index (χ1) is 16.9. The second-order valence-electron chi connectivity index (χ2n) is 12.0. The maximum atomic E-state index is 14.2. The minimum absolute atomic E-state index is 0.0376. The second-order valence-corrected chi connectivity index (χ2v) is 12.0. The zero-order valence-electron chi connectivity index (χ0n) is 22.2. The van der Waals surface area contributed by atoms with Crippen molar-refractivity contribution in [2.45, 2.75) is 84.5 Å². The quantitative estimate of drug-likeness (QED) is 0.153. The molecule has 36 heavy (non-hydrogen) atoms. The molecular formula is C30H42O6. The van der Waals surface area contributed by atoms with Gasteiger partial charge in [0.15, 0.2) is 5.78 Å². The van der Waals surface area contributed by atoms with Gasteiger partial charge in [-0.05, 0) is 60.5 Å². The van der Waals surface area contributed by atoms with E-state index in [4.69, 9.17) is 4.74 Å². The Labute approximate surface area is 214 Å². The minimum Gasteiger partial charge on any atom is -0.458 e. The van der Waals surface area contributed by atoms with Crippen molar-refractivity contribution in [3.05, 3.63) is 47.6 Å². The highest BCUT2D eigenvalue weighted by atomic mass is 16.5. The fourth-order valence-electron chi connectivity index (χ4n) is 7.44. The first-order valence-corrected chi connectivity index (χ1v) is 13.5. The molecule has 2 bridgehead atoms. The third-order valence-electron chi connectivity index (χ3n) is 9.58. The summed E-state index contributed by atoms with van der Waals surface area (Å²) in [5.41, 5.74) is -2.79. The number of aliphatic hydroxyl groups is 3. The van der Waals surface area contributed by atoms with Gasteiger partial charge >= 0.3 is 5.97 Å². The van der Waals surface area contributed by atoms with E-state index in [0.717, 1.165) is 25.7 Å². The first-order valence-electron chi connectivity index (χ1n) is 13.5. The van der Waals surface area contributed by atoms with Crippen molar-refractivity contribution in [3.8, 4) is 0 Å². The predicted molar refractivity (Wildman–Crippen MR) is 138 cm³/mol. The van der Waals surface area contributed by atoms with Crippen LogP contribution in [0.1, 0.15) is 66.7 Å². The Morgan fingerprint density at radius 3 is 2.61 bits per heavy atom. The number of ether oxygens (including phenoxy) is 1. The van der Waals surface area contributed by atoms with Crippen molar-refractivity contribution in [2.24, 2.45) is 34.5 Å². The van der Waals surface area contributed by atoms with Crippen LogP contribution in [0.15, 0.2) is 47.6 Å². The lowest BCUT2D eigenvalue weighted by molar-refractivity contribution is -0.190. The maximum absolute atomic E-state index is 14.2. The van der Waals surface area contributed by atoms with E-state index in [0.29, 0.717) is 11.5 Å². The molecule has 3 N–H and O–H groups in total. The lowest BCUT2D eigenvalue weighted by atomic mass is 9.59. The Morgan fingerprint density at radius 2 is 1.92 bits per heavy atom. The van der Waals surface area contributed by atoms with Crippen LogP contribution in [0.5, 0.6) is 0 Å². The minimum atomic E-state index is -2.11. The van der Waals surface area contributed by atoms with E-state index < -0.39 is 35.1 Å². The number of ketones is 1. The number of carbonyl (C=O) groups is 2. The number of carbonyl (C=O) groups excluding carboxylic acids is 2. The van der Waals surface area contributed by atoms with Gasteiger partial charge in [0.2, 0.25) is 0 Å². The van der Waals surface area contributed by atoms with Gasteiger partial charge in [0.25, 0.3) is 0 Å². The summed E-state index contributed by atoms with van der Waals surface area (Å²) in [5, 5.41) is 34.6. The molecule has 0 saturated heterocycles. The molecule has 0 aromatic carbocycles. The topological polar surface area (TPSA) is 104 Å². The van der Waals surface area contributed by atoms with Crippen molar-refractivity contribution in [2.75, 3.05) is 6.61 Å². The van der Waals surface area contributed by atoms with Crippen LogP contribution in [-0.2, 0) is 14.3 Å². The zero-order valence-corrected chi connectivity index (χ0v) is 22.2. The number of hydrogen-bond acceptors (Lipinski definition) is 6. The monoisotopic (exact) mass is 498 g/mol. The van der Waals surface area contributed by atoms with Gasteiger partial charge < -0.3 is 20.1 Å². The summed E-state index contributed by atoms with van der Waals surface area (Å²) in [6.07, 6.45) is 12.4. The number of rotatable bonds is 8. The molecule has 8 atom stereocenters. The largest absolute Gasteiger partial charge is 0.458 e. The smallest absolute Gasteiger partial charge is 0.331 e. The molecule has 6 nitrogen and oxygen atoms in total. The van der Waals surface area contributed by atoms with E-state index in [1.165, 1.54) is 12.5 Å². The van der Waals surface area contributed by atoms with Gasteiger partial charge in [-0.15, -0.1) is 0 Å². The highest BCUT2D eigenvalue weighted by molar-refractivity contribution is 5.95. The predicted octanol–water partition coefficient (Wildman–Crippen LogP) is 4.06. The number of aliphatic hydroxyl groups excluding tert-OH is 2. The Hall–Kier alpha value is -2.02. The number of hydrogen-bond donors (Lipinski definition) is 3. The van der Waals surface area contributed by atoms with Crippen LogP contribution in [0.2, 0.25) is 0 Å². The van der Waals surface area contributed by atoms with Crippen LogP contribution in [0.4, 0.5) is 0 Å². The van der Waals surface area contributed by atoms with Crippen molar-refractivity contribution in [1.29, 1.82) is 0 Å². The van der Waals surface area contributed by atoms with Crippen molar-refractivity contribution >= 4 is 11.8 Å². The molecule has 4 aliphatic rings. The summed E-state index contributed by atoms with van der Waals surface area (Å²) < 4.78 is 5.44. The van der Waals surface area contributed by atoms with Gasteiger partial charge in [0.05, 0.1) is 5.41 Å². The lowest BCUT2D eigenvalue weighted by Crippen LogP contribution is -2.65. The van der Waals surface area contributed by atoms with E-state index >= 15 is 0 Å². The zero-order chi connectivity index (χ0) is 26.5. The first kappa shape index (κ1) is 27.0. The summed E-state index contributed by atoms with van der Waals surface area (Å²) in [7, 11) is 0. The average Bonchev–Trinajstić information content (AvgIpc) is 3.33. The van der Waals surface area contributed by atoms with Crippen LogP contribution in [-0.4, -0.2) is 51.5 Å². The number of Topliss-reactive ketones (excluding diaryl/α,β-unsaturated/α-hetero) is 1. The fraction of sp³-hybridized carbons (Fsp3) is 0.667. The Balaban J connectivity index is 1.59. The summed E-state index contributed by atoms with van der Waals surface area (Å²) in [4.78, 5) is 26.6. The molecule has 0 aromatic rings. The molecule has 0 aliphatic heterocycles. The molecule has 0 aromatic heterocycles. The Kier molecular flexibility index (Phi) is 7.28. The summed E-state index contributed by atoms with van der Waals surface area (Å²) in [6, 6.07) is 0. The molecule has 2 fully saturated rings. The third-order valence-corrected chi connectivity index (χ3v) is 9.58. The highest BCUT2D eigenvalue weighted by Gasteiger charge is 2.75. The lowest BCUT2D eigenvalue weighted by Gasteiger charge is -2.48. The third kappa shape index (κ3) is 3.97. The van der Waals surface area contributed by atoms with Gasteiger partial charge in [-0.3, -0.25) is 4.79 Å². The molecular weight excluding hydrogens is 456 g/mol. The molecule has 2 saturated carbocycles. The van der Waals surface area contributed by atoms with Gasteiger partial charge in [-0.2, -0.15) is 0 Å². The molecule has 1 unspecified atom stereocenters. The van der Waals surface area contributed by atoms with Crippen LogP contribution >= 0.6 is 0 Å². The number of allylic oxidation sites excluding steroid dienone is 4. The van der Waals surface area contributed by atoms with Gasteiger partial charge in [0.1, 0.15) is 24.4 Å². The number of esters is 1. The van der Waals surface area contributed by atoms with E-state index in [1.54, 1.807) is 25.2 Å². The second kappa shape index (κ2) is 9.70. The molecule has 1 spiro atoms. The summed E-state index contributed by atoms with van der Waals surface area (Å²) >= 11 is 0. The normalized spacial score (nSPS) is 40.8. The SMILES string of the molecule is CCCCC/C=C/C=C/C(=O)OCC1=C[C@@H]2C(=O)C3(C=C(C)[C@H](O)[C@@]3(O)[C@@H]1O)[C@H](C)C[C@@H]1[C@H]2C1(C)C. The molecule has 0 amide bonds. The van der Waals surface area contributed by atoms with E-state index in [9.17, 15) is 24.9 Å². The molecule has 0 radical (unpaired) electrons. The fourth-order valence-corrected chi connectivity index (χ4v) is 7.44. The van der Waals surface area contributed by atoms with Crippen molar-refractivity contribution in [3.63, 3.8) is 0 Å². The number of unbranched alkanes of at least 4 members (excludes halogenated alkanes) is 3. The Morgan fingerprint density at radius 1 is 1.19 bits per heavy atom. The Bertz CT molecular complexity index is 1020. The average molecular weight is 499 g/mol. The van der Waals surface area contributed by atoms with Crippen LogP contribution in [0, 0.1) is 34.5 Å². The molecule has 4 aliphatic carbocycles. The van der Waals surface area contributed by atoms with Crippen molar-refractivity contribution in [1.82, 2.24) is 0 Å². The summed E-state index contributed by atoms with van der Waals surface area (Å²) in [5.74, 6) is -1.13. The molecule has 0 heterocycles. The van der Waals surface area contributed by atoms with Gasteiger partial charge in [-0.25, -0.2) is 4.79 Å². The van der Waals surface area contributed by atoms with Crippen molar-refractivity contribution < 1.29 is 29.6 Å². The summed E-state index contributed by atoms with van der Waals surface area (Å²) in [6.45, 7) is 9.84. The van der Waals surface area contributed by atoms with E-state index in [-0.39, 0.29) is 35.2 Å². The molecule has 4 rings (SSSR count). The standard InChI is InChI=1S/C30H42O6/c1-6-7-8-9-10-11-12-13-23(31)36-17-20-15-21-24-22(28(24,4)5)14-19(3)29(27(21)34)16-18(2)25(32)30(29,35)26(20)33/h10-13,15-16,19,21-22,24-26,32-33,35H,6-9,14,17H2,1-5H3/b11-10+,13-12+/t19-,21+,22-,24+,25+,26-,29?,30-/m1/s1. The highest BCUT2D eigenvalue weighted by Crippen LogP contribution is 2.71. The maximum Gasteiger partial charge on any atom is 0.331 e. The number of fused-ring (bicyclic) bond motifs is 3. The van der Waals surface area contributed by atoms with E-state index in [2.05, 4.69) is 20.8 Å². The van der Waals surface area contributed by atoms with E-state index in [1.807, 2.05) is 19.1 Å². The van der Waals surface area contributed by atoms with Crippen LogP contribution in [0.3, 0.4) is 0 Å².